The molecule has 66 valence electrons. The van der Waals surface area contributed by atoms with E-state index in [4.69, 9.17) is 9.47 Å². The van der Waals surface area contributed by atoms with E-state index in [-0.39, 0.29) is 5.60 Å². The molecule has 3 nitrogen and oxygen atoms in total. The number of ether oxygens (including phenoxy) is 2. The van der Waals surface area contributed by atoms with Crippen molar-refractivity contribution in [3.8, 4) is 0 Å². The Balaban J connectivity index is 1.82. The minimum atomic E-state index is -0.454. The lowest BCUT2D eigenvalue weighted by molar-refractivity contribution is 0.102. The minimum absolute atomic E-state index is 0.159. The summed E-state index contributed by atoms with van der Waals surface area (Å²) in [6, 6.07) is 0. The fourth-order valence-electron chi connectivity index (χ4n) is 2.95. The highest BCUT2D eigenvalue weighted by Gasteiger charge is 2.71. The molecule has 0 aromatic carbocycles. The van der Waals surface area contributed by atoms with Gasteiger partial charge in [0.2, 0.25) is 0 Å². The van der Waals surface area contributed by atoms with Crippen LogP contribution in [0.1, 0.15) is 25.7 Å². The van der Waals surface area contributed by atoms with E-state index in [1.807, 2.05) is 0 Å². The van der Waals surface area contributed by atoms with Gasteiger partial charge in [0.15, 0.2) is 5.60 Å². The summed E-state index contributed by atoms with van der Waals surface area (Å²) in [6.45, 7) is 0.515. The van der Waals surface area contributed by atoms with Crippen molar-refractivity contribution in [3.63, 3.8) is 0 Å². The lowest BCUT2D eigenvalue weighted by Crippen LogP contribution is -2.16. The normalized spacial score (nSPS) is 49.8. The largest absolute Gasteiger partial charge is 0.509 e. The Morgan fingerprint density at radius 3 is 2.42 bits per heavy atom. The zero-order chi connectivity index (χ0) is 8.18. The second-order valence-corrected chi connectivity index (χ2v) is 4.09. The molecule has 2 saturated carbocycles. The summed E-state index contributed by atoms with van der Waals surface area (Å²) in [7, 11) is 0. The van der Waals surface area contributed by atoms with Gasteiger partial charge in [-0.15, -0.1) is 0 Å². The van der Waals surface area contributed by atoms with Gasteiger partial charge in [0.25, 0.3) is 0 Å². The summed E-state index contributed by atoms with van der Waals surface area (Å²) in [4.78, 5) is 10.8. The van der Waals surface area contributed by atoms with Crippen molar-refractivity contribution >= 4 is 6.16 Å². The van der Waals surface area contributed by atoms with E-state index in [1.165, 1.54) is 25.7 Å². The Hall–Kier alpha value is -0.730. The summed E-state index contributed by atoms with van der Waals surface area (Å²) in [5.74, 6) is 1.25. The highest BCUT2D eigenvalue weighted by atomic mass is 16.8. The van der Waals surface area contributed by atoms with Crippen molar-refractivity contribution in [3.05, 3.63) is 0 Å². The Labute approximate surface area is 71.0 Å². The second-order valence-electron chi connectivity index (χ2n) is 4.09. The molecule has 0 bridgehead atoms. The number of carbonyl (C=O) groups is 1. The van der Waals surface area contributed by atoms with E-state index >= 15 is 0 Å². The van der Waals surface area contributed by atoms with Gasteiger partial charge >= 0.3 is 6.16 Å². The first-order chi connectivity index (χ1) is 5.83. The summed E-state index contributed by atoms with van der Waals surface area (Å²) in [5.41, 5.74) is -0.159. The van der Waals surface area contributed by atoms with Crippen LogP contribution in [0, 0.1) is 11.8 Å². The average Bonchev–Trinajstić information content (AvgIpc) is 2.50. The fraction of sp³-hybridized carbons (Fsp3) is 0.889. The molecule has 2 aliphatic carbocycles. The summed E-state index contributed by atoms with van der Waals surface area (Å²) in [5, 5.41) is 0. The highest BCUT2D eigenvalue weighted by Crippen LogP contribution is 2.62. The van der Waals surface area contributed by atoms with Gasteiger partial charge in [-0.25, -0.2) is 4.79 Å². The molecule has 0 amide bonds. The molecule has 2 atom stereocenters. The molecule has 12 heavy (non-hydrogen) atoms. The summed E-state index contributed by atoms with van der Waals surface area (Å²) in [6.07, 6.45) is 4.58. The second kappa shape index (κ2) is 1.95. The first-order valence-corrected chi connectivity index (χ1v) is 4.69. The number of cyclic esters (lactones) is 1. The molecule has 3 fully saturated rings. The van der Waals surface area contributed by atoms with E-state index in [9.17, 15) is 4.79 Å². The number of carbonyl (C=O) groups excluding carboxylic acids is 1. The van der Waals surface area contributed by atoms with Gasteiger partial charge in [0.05, 0.1) is 0 Å². The number of hydrogen-bond acceptors (Lipinski definition) is 3. The maximum Gasteiger partial charge on any atom is 0.509 e. The third-order valence-corrected chi connectivity index (χ3v) is 3.60. The van der Waals surface area contributed by atoms with Gasteiger partial charge in [-0.1, -0.05) is 12.8 Å². The van der Waals surface area contributed by atoms with Crippen molar-refractivity contribution in [2.45, 2.75) is 31.3 Å². The quantitative estimate of drug-likeness (QED) is 0.516. The molecule has 1 heterocycles. The van der Waals surface area contributed by atoms with Crippen LogP contribution >= 0.6 is 0 Å². The van der Waals surface area contributed by atoms with Gasteiger partial charge < -0.3 is 9.47 Å². The van der Waals surface area contributed by atoms with Gasteiger partial charge in [-0.05, 0) is 12.8 Å². The van der Waals surface area contributed by atoms with Crippen molar-refractivity contribution in [2.24, 2.45) is 11.8 Å². The predicted octanol–water partition coefficient (Wildman–Crippen LogP) is 1.71. The van der Waals surface area contributed by atoms with Crippen molar-refractivity contribution < 1.29 is 14.3 Å². The van der Waals surface area contributed by atoms with Gasteiger partial charge in [0.1, 0.15) is 6.61 Å². The standard InChI is InChI=1S/C9H12O3/c10-8-11-5-9(12-8)6-3-1-2-4-7(6)9/h6-7H,1-5H2. The van der Waals surface area contributed by atoms with Crippen LogP contribution in [0.25, 0.3) is 0 Å². The molecule has 0 radical (unpaired) electrons. The lowest BCUT2D eigenvalue weighted by atomic mass is 10.0. The van der Waals surface area contributed by atoms with Crippen molar-refractivity contribution in [1.82, 2.24) is 0 Å². The van der Waals surface area contributed by atoms with Crippen LogP contribution in [-0.4, -0.2) is 18.4 Å². The molecule has 1 saturated heterocycles. The molecule has 3 heteroatoms. The van der Waals surface area contributed by atoms with Crippen LogP contribution in [0.5, 0.6) is 0 Å². The first-order valence-electron chi connectivity index (χ1n) is 4.69. The Bertz CT molecular complexity index is 224. The van der Waals surface area contributed by atoms with Gasteiger partial charge in [-0.3, -0.25) is 0 Å². The first kappa shape index (κ1) is 6.75. The number of rotatable bonds is 0. The monoisotopic (exact) mass is 168 g/mol. The third kappa shape index (κ3) is 0.648. The molecule has 0 N–H and O–H groups in total. The maximum atomic E-state index is 10.8. The van der Waals surface area contributed by atoms with Crippen molar-refractivity contribution in [1.29, 1.82) is 0 Å². The predicted molar refractivity (Wildman–Crippen MR) is 40.6 cm³/mol. The molecule has 1 aliphatic heterocycles. The smallest absolute Gasteiger partial charge is 0.430 e. The van der Waals surface area contributed by atoms with Gasteiger partial charge in [0, 0.05) is 11.8 Å². The van der Waals surface area contributed by atoms with E-state index in [0.29, 0.717) is 18.4 Å². The zero-order valence-corrected chi connectivity index (χ0v) is 6.91. The minimum Gasteiger partial charge on any atom is -0.430 e. The Morgan fingerprint density at radius 1 is 1.25 bits per heavy atom. The average molecular weight is 168 g/mol. The van der Waals surface area contributed by atoms with Gasteiger partial charge in [-0.2, -0.15) is 0 Å². The topological polar surface area (TPSA) is 35.5 Å². The molecular formula is C9H12O3. The summed E-state index contributed by atoms with van der Waals surface area (Å²) >= 11 is 0. The summed E-state index contributed by atoms with van der Waals surface area (Å²) < 4.78 is 10.1. The zero-order valence-electron chi connectivity index (χ0n) is 6.91. The van der Waals surface area contributed by atoms with Crippen LogP contribution in [0.4, 0.5) is 4.79 Å². The van der Waals surface area contributed by atoms with Crippen LogP contribution in [0.2, 0.25) is 0 Å². The highest BCUT2D eigenvalue weighted by molar-refractivity contribution is 5.64. The number of hydrogen-bond donors (Lipinski definition) is 0. The Kier molecular flexibility index (Phi) is 1.10. The van der Waals surface area contributed by atoms with Crippen LogP contribution in [0.3, 0.4) is 0 Å². The van der Waals surface area contributed by atoms with Crippen molar-refractivity contribution in [2.75, 3.05) is 6.61 Å². The maximum absolute atomic E-state index is 10.8. The SMILES string of the molecule is O=C1OCC2(O1)C1CCCCC12. The fourth-order valence-corrected chi connectivity index (χ4v) is 2.95. The molecule has 0 aromatic heterocycles. The van der Waals surface area contributed by atoms with E-state index in [1.54, 1.807) is 0 Å². The third-order valence-electron chi connectivity index (χ3n) is 3.60. The molecule has 3 rings (SSSR count). The van der Waals surface area contributed by atoms with Crippen LogP contribution in [0.15, 0.2) is 0 Å². The molecule has 1 spiro atoms. The molecule has 0 aromatic rings. The van der Waals surface area contributed by atoms with Crippen LogP contribution in [-0.2, 0) is 9.47 Å². The van der Waals surface area contributed by atoms with E-state index < -0.39 is 6.16 Å². The molecule has 2 unspecified atom stereocenters. The van der Waals surface area contributed by atoms with E-state index in [2.05, 4.69) is 0 Å². The molecular weight excluding hydrogens is 156 g/mol. The molecule has 3 aliphatic rings. The van der Waals surface area contributed by atoms with E-state index in [0.717, 1.165) is 0 Å². The van der Waals surface area contributed by atoms with Crippen LogP contribution < -0.4 is 0 Å². The lowest BCUT2D eigenvalue weighted by Gasteiger charge is -2.03. The Morgan fingerprint density at radius 2 is 1.92 bits per heavy atom. The number of fused-ring (bicyclic) bond motifs is 3.